The summed E-state index contributed by atoms with van der Waals surface area (Å²) in [6, 6.07) is 5.53. The molecule has 0 bridgehead atoms. The van der Waals surface area contributed by atoms with Crippen LogP contribution in [0.3, 0.4) is 0 Å². The van der Waals surface area contributed by atoms with Crippen molar-refractivity contribution in [1.29, 1.82) is 0 Å². The van der Waals surface area contributed by atoms with Gasteiger partial charge in [0.25, 0.3) is 0 Å². The minimum absolute atomic E-state index is 0.0105. The Kier molecular flexibility index (Phi) is 6.04. The third-order valence-electron chi connectivity index (χ3n) is 4.54. The molecule has 0 radical (unpaired) electrons. The molecule has 8 nitrogen and oxygen atoms in total. The molecule has 1 fully saturated rings. The second-order valence-electron chi connectivity index (χ2n) is 6.12. The van der Waals surface area contributed by atoms with E-state index in [0.29, 0.717) is 18.9 Å². The first-order valence-corrected chi connectivity index (χ1v) is 8.77. The summed E-state index contributed by atoms with van der Waals surface area (Å²) in [5.41, 5.74) is 0. The summed E-state index contributed by atoms with van der Waals surface area (Å²) in [6.45, 7) is 2.93. The Labute approximate surface area is 153 Å². The maximum absolute atomic E-state index is 11.6. The number of carbonyl (C=O) groups is 1. The van der Waals surface area contributed by atoms with Gasteiger partial charge >= 0.3 is 5.97 Å². The van der Waals surface area contributed by atoms with Gasteiger partial charge in [-0.25, -0.2) is 0 Å². The minimum atomic E-state index is -0.121. The van der Waals surface area contributed by atoms with E-state index in [9.17, 15) is 4.79 Å². The zero-order valence-electron chi connectivity index (χ0n) is 15.2. The number of likely N-dealkylation sites (tertiary alicyclic amines) is 1. The highest BCUT2D eigenvalue weighted by Gasteiger charge is 2.26. The molecule has 0 saturated carbocycles. The first-order valence-electron chi connectivity index (χ1n) is 8.77. The Morgan fingerprint density at radius 1 is 1.31 bits per heavy atom. The van der Waals surface area contributed by atoms with Crippen molar-refractivity contribution in [2.75, 3.05) is 47.2 Å². The first kappa shape index (κ1) is 18.2. The normalized spacial score (nSPS) is 17.2. The highest BCUT2D eigenvalue weighted by molar-refractivity contribution is 5.80. The van der Waals surface area contributed by atoms with Crippen molar-refractivity contribution in [1.82, 2.24) is 10.2 Å². The number of piperidine rings is 1. The molecule has 2 aliphatic heterocycles. The van der Waals surface area contributed by atoms with Gasteiger partial charge in [0.2, 0.25) is 6.79 Å². The average Bonchev–Trinajstić information content (AvgIpc) is 3.15. The minimum Gasteiger partial charge on any atom is -0.492 e. The molecule has 0 atom stereocenters. The fraction of sp³-hybridized carbons (Fsp3) is 0.556. The number of hydrogen-bond acceptors (Lipinski definition) is 6. The fourth-order valence-corrected chi connectivity index (χ4v) is 3.12. The quantitative estimate of drug-likeness (QED) is 0.365. The largest absolute Gasteiger partial charge is 0.492 e. The van der Waals surface area contributed by atoms with Crippen LogP contribution in [0.1, 0.15) is 12.8 Å². The van der Waals surface area contributed by atoms with Gasteiger partial charge in [0.05, 0.1) is 19.6 Å². The summed E-state index contributed by atoms with van der Waals surface area (Å²) in [5, 5.41) is 3.30. The number of esters is 1. The molecule has 1 N–H and O–H groups in total. The average molecular weight is 363 g/mol. The molecule has 1 aromatic rings. The summed E-state index contributed by atoms with van der Waals surface area (Å²) in [5.74, 6) is 2.88. The highest BCUT2D eigenvalue weighted by atomic mass is 16.7. The van der Waals surface area contributed by atoms with Crippen LogP contribution in [0.4, 0.5) is 0 Å². The summed E-state index contributed by atoms with van der Waals surface area (Å²) >= 11 is 0. The van der Waals surface area contributed by atoms with E-state index in [0.717, 1.165) is 43.4 Å². The van der Waals surface area contributed by atoms with Crippen LogP contribution in [0.2, 0.25) is 0 Å². The number of guanidine groups is 1. The number of rotatable bonds is 5. The smallest absolute Gasteiger partial charge is 0.308 e. The van der Waals surface area contributed by atoms with Crippen molar-refractivity contribution < 1.29 is 23.7 Å². The van der Waals surface area contributed by atoms with Crippen LogP contribution in [-0.2, 0) is 9.53 Å². The number of aliphatic imine (C=N–C) groups is 1. The summed E-state index contributed by atoms with van der Waals surface area (Å²) < 4.78 is 21.2. The second kappa shape index (κ2) is 8.64. The molecule has 26 heavy (non-hydrogen) atoms. The summed E-state index contributed by atoms with van der Waals surface area (Å²) in [6.07, 6.45) is 1.56. The van der Waals surface area contributed by atoms with Crippen LogP contribution in [0.15, 0.2) is 23.2 Å². The van der Waals surface area contributed by atoms with E-state index < -0.39 is 0 Å². The SMILES string of the molecule is CN=C(NCCOc1ccc2c(c1)OCO2)N1CCC(C(=O)OC)CC1. The number of hydrogen-bond donors (Lipinski definition) is 1. The van der Waals surface area contributed by atoms with E-state index >= 15 is 0 Å². The lowest BCUT2D eigenvalue weighted by atomic mass is 9.97. The molecule has 0 amide bonds. The number of ether oxygens (including phenoxy) is 4. The Morgan fingerprint density at radius 2 is 2.08 bits per heavy atom. The van der Waals surface area contributed by atoms with E-state index in [4.69, 9.17) is 18.9 Å². The first-order chi connectivity index (χ1) is 12.7. The van der Waals surface area contributed by atoms with Crippen molar-refractivity contribution in [3.8, 4) is 17.2 Å². The highest BCUT2D eigenvalue weighted by Crippen LogP contribution is 2.34. The van der Waals surface area contributed by atoms with E-state index in [1.54, 1.807) is 7.05 Å². The van der Waals surface area contributed by atoms with Gasteiger partial charge in [0.1, 0.15) is 12.4 Å². The molecule has 1 saturated heterocycles. The molecule has 8 heteroatoms. The van der Waals surface area contributed by atoms with Gasteiger partial charge in [-0.1, -0.05) is 0 Å². The van der Waals surface area contributed by atoms with Gasteiger partial charge in [-0.3, -0.25) is 9.79 Å². The second-order valence-corrected chi connectivity index (χ2v) is 6.12. The molecule has 0 unspecified atom stereocenters. The van der Waals surface area contributed by atoms with E-state index in [-0.39, 0.29) is 18.7 Å². The predicted octanol–water partition coefficient (Wildman–Crippen LogP) is 1.25. The maximum atomic E-state index is 11.6. The monoisotopic (exact) mass is 363 g/mol. The van der Waals surface area contributed by atoms with Crippen molar-refractivity contribution in [2.24, 2.45) is 10.9 Å². The number of nitrogens with zero attached hydrogens (tertiary/aromatic N) is 2. The molecular formula is C18H25N3O5. The Balaban J connectivity index is 1.40. The molecule has 0 spiro atoms. The molecule has 0 aliphatic carbocycles. The molecule has 0 aromatic heterocycles. The third kappa shape index (κ3) is 4.30. The molecule has 1 aromatic carbocycles. The molecule has 2 heterocycles. The van der Waals surface area contributed by atoms with Gasteiger partial charge in [0, 0.05) is 26.2 Å². The number of methoxy groups -OCH3 is 1. The van der Waals surface area contributed by atoms with Crippen LogP contribution in [0.25, 0.3) is 0 Å². The number of nitrogens with one attached hydrogen (secondary N) is 1. The summed E-state index contributed by atoms with van der Waals surface area (Å²) in [4.78, 5) is 18.1. The number of carbonyl (C=O) groups excluding carboxylic acids is 1. The topological polar surface area (TPSA) is 81.6 Å². The number of benzene rings is 1. The van der Waals surface area contributed by atoms with E-state index in [1.165, 1.54) is 7.11 Å². The Bertz CT molecular complexity index is 656. The lowest BCUT2D eigenvalue weighted by Crippen LogP contribution is -2.47. The van der Waals surface area contributed by atoms with E-state index in [1.807, 2.05) is 18.2 Å². The molecule has 142 valence electrons. The number of fused-ring (bicyclic) bond motifs is 1. The third-order valence-corrected chi connectivity index (χ3v) is 4.54. The van der Waals surface area contributed by atoms with Gasteiger partial charge in [-0.05, 0) is 25.0 Å². The standard InChI is InChI=1S/C18H25N3O5/c1-19-18(21-8-5-13(6-9-21)17(22)23-2)20-7-10-24-14-3-4-15-16(11-14)26-12-25-15/h3-4,11,13H,5-10,12H2,1-2H3,(H,19,20). The molecule has 3 rings (SSSR count). The van der Waals surface area contributed by atoms with Crippen LogP contribution >= 0.6 is 0 Å². The zero-order valence-corrected chi connectivity index (χ0v) is 15.2. The maximum Gasteiger partial charge on any atom is 0.308 e. The van der Waals surface area contributed by atoms with Crippen LogP contribution in [-0.4, -0.2) is 64.0 Å². The van der Waals surface area contributed by atoms with Crippen molar-refractivity contribution in [3.05, 3.63) is 18.2 Å². The molecular weight excluding hydrogens is 338 g/mol. The summed E-state index contributed by atoms with van der Waals surface area (Å²) in [7, 11) is 3.20. The van der Waals surface area contributed by atoms with Crippen LogP contribution < -0.4 is 19.5 Å². The molecule has 2 aliphatic rings. The Hall–Kier alpha value is -2.64. The van der Waals surface area contributed by atoms with E-state index in [2.05, 4.69) is 15.2 Å². The van der Waals surface area contributed by atoms with Gasteiger partial charge in [-0.15, -0.1) is 0 Å². The lowest BCUT2D eigenvalue weighted by Gasteiger charge is -2.33. The zero-order chi connectivity index (χ0) is 18.4. The van der Waals surface area contributed by atoms with Gasteiger partial charge in [0.15, 0.2) is 17.5 Å². The van der Waals surface area contributed by atoms with Crippen LogP contribution in [0, 0.1) is 5.92 Å². The van der Waals surface area contributed by atoms with Gasteiger partial charge in [-0.2, -0.15) is 0 Å². The lowest BCUT2D eigenvalue weighted by molar-refractivity contribution is -0.146. The van der Waals surface area contributed by atoms with Crippen molar-refractivity contribution in [3.63, 3.8) is 0 Å². The van der Waals surface area contributed by atoms with Crippen LogP contribution in [0.5, 0.6) is 17.2 Å². The fourth-order valence-electron chi connectivity index (χ4n) is 3.12. The van der Waals surface area contributed by atoms with Crippen molar-refractivity contribution >= 4 is 11.9 Å². The predicted molar refractivity (Wildman–Crippen MR) is 95.7 cm³/mol. The Morgan fingerprint density at radius 3 is 2.81 bits per heavy atom. The van der Waals surface area contributed by atoms with Crippen molar-refractivity contribution in [2.45, 2.75) is 12.8 Å². The van der Waals surface area contributed by atoms with Gasteiger partial charge < -0.3 is 29.2 Å².